The number of phenols is 1. The smallest absolute Gasteiger partial charge is 0.166 e. The predicted octanol–water partition coefficient (Wildman–Crippen LogP) is 3.28. The molecule has 0 aromatic heterocycles. The SMILES string of the molecule is COc1c(O)ccc(Br)c1C1(N)CCCCC1. The summed E-state index contributed by atoms with van der Waals surface area (Å²) in [4.78, 5) is 0. The zero-order chi connectivity index (χ0) is 12.5. The Kier molecular flexibility index (Phi) is 3.64. The highest BCUT2D eigenvalue weighted by Gasteiger charge is 2.35. The van der Waals surface area contributed by atoms with E-state index in [0.29, 0.717) is 5.75 Å². The summed E-state index contributed by atoms with van der Waals surface area (Å²) in [6.07, 6.45) is 5.36. The molecule has 0 atom stereocenters. The van der Waals surface area contributed by atoms with Crippen molar-refractivity contribution in [3.8, 4) is 11.5 Å². The summed E-state index contributed by atoms with van der Waals surface area (Å²) in [5.74, 6) is 0.657. The van der Waals surface area contributed by atoms with Gasteiger partial charge in [0.05, 0.1) is 7.11 Å². The third kappa shape index (κ3) is 2.29. The number of hydrogen-bond acceptors (Lipinski definition) is 3. The molecule has 1 aliphatic carbocycles. The van der Waals surface area contributed by atoms with Gasteiger partial charge in [0.2, 0.25) is 0 Å². The Morgan fingerprint density at radius 2 is 1.94 bits per heavy atom. The Balaban J connectivity index is 2.52. The average molecular weight is 300 g/mol. The summed E-state index contributed by atoms with van der Waals surface area (Å²) in [7, 11) is 1.57. The van der Waals surface area contributed by atoms with E-state index in [1.54, 1.807) is 13.2 Å². The number of methoxy groups -OCH3 is 1. The lowest BCUT2D eigenvalue weighted by Gasteiger charge is -2.35. The van der Waals surface area contributed by atoms with Gasteiger partial charge in [0.15, 0.2) is 11.5 Å². The second kappa shape index (κ2) is 4.86. The third-order valence-corrected chi connectivity index (χ3v) is 4.19. The van der Waals surface area contributed by atoms with Crippen molar-refractivity contribution >= 4 is 15.9 Å². The molecule has 1 aromatic rings. The number of phenolic OH excluding ortho intramolecular Hbond substituents is 1. The van der Waals surface area contributed by atoms with E-state index in [2.05, 4.69) is 15.9 Å². The maximum Gasteiger partial charge on any atom is 0.166 e. The van der Waals surface area contributed by atoms with Crippen LogP contribution in [0.25, 0.3) is 0 Å². The highest BCUT2D eigenvalue weighted by atomic mass is 79.9. The Hall–Kier alpha value is -0.740. The minimum absolute atomic E-state index is 0.154. The van der Waals surface area contributed by atoms with Crippen molar-refractivity contribution in [2.45, 2.75) is 37.6 Å². The predicted molar refractivity (Wildman–Crippen MR) is 71.3 cm³/mol. The van der Waals surface area contributed by atoms with Gasteiger partial charge < -0.3 is 15.6 Å². The van der Waals surface area contributed by atoms with Crippen LogP contribution in [0.3, 0.4) is 0 Å². The lowest BCUT2D eigenvalue weighted by Crippen LogP contribution is -2.39. The molecule has 0 amide bonds. The quantitative estimate of drug-likeness (QED) is 0.881. The van der Waals surface area contributed by atoms with Crippen molar-refractivity contribution in [3.63, 3.8) is 0 Å². The summed E-state index contributed by atoms with van der Waals surface area (Å²) >= 11 is 3.52. The molecule has 4 heteroatoms. The Bertz CT molecular complexity index is 414. The van der Waals surface area contributed by atoms with E-state index in [-0.39, 0.29) is 11.3 Å². The Labute approximate surface area is 110 Å². The van der Waals surface area contributed by atoms with Gasteiger partial charge >= 0.3 is 0 Å². The van der Waals surface area contributed by atoms with Crippen LogP contribution in [0.4, 0.5) is 0 Å². The van der Waals surface area contributed by atoms with E-state index < -0.39 is 0 Å². The van der Waals surface area contributed by atoms with Gasteiger partial charge in [-0.05, 0) is 25.0 Å². The van der Waals surface area contributed by atoms with Gasteiger partial charge in [0.25, 0.3) is 0 Å². The van der Waals surface area contributed by atoms with Crippen molar-refractivity contribution in [1.82, 2.24) is 0 Å². The molecule has 3 N–H and O–H groups in total. The van der Waals surface area contributed by atoms with E-state index in [1.165, 1.54) is 6.42 Å². The summed E-state index contributed by atoms with van der Waals surface area (Å²) in [6, 6.07) is 3.45. The van der Waals surface area contributed by atoms with Gasteiger partial charge in [-0.15, -0.1) is 0 Å². The van der Waals surface area contributed by atoms with E-state index in [4.69, 9.17) is 10.5 Å². The molecule has 0 radical (unpaired) electrons. The molecule has 0 saturated heterocycles. The molecule has 2 rings (SSSR count). The highest BCUT2D eigenvalue weighted by Crippen LogP contribution is 2.46. The van der Waals surface area contributed by atoms with E-state index in [9.17, 15) is 5.11 Å². The molecule has 0 heterocycles. The molecule has 0 aliphatic heterocycles. The number of rotatable bonds is 2. The molecule has 1 fully saturated rings. The standard InChI is InChI=1S/C13H18BrNO2/c1-17-12-10(16)6-5-9(14)11(12)13(15)7-3-2-4-8-13/h5-6,16H,2-4,7-8,15H2,1H3. The fourth-order valence-electron chi connectivity index (χ4n) is 2.65. The van der Waals surface area contributed by atoms with E-state index in [0.717, 1.165) is 35.7 Å². The first-order chi connectivity index (χ1) is 8.08. The molecule has 1 aromatic carbocycles. The lowest BCUT2D eigenvalue weighted by atomic mass is 9.77. The monoisotopic (exact) mass is 299 g/mol. The first kappa shape index (κ1) is 12.7. The molecule has 0 bridgehead atoms. The van der Waals surface area contributed by atoms with Crippen molar-refractivity contribution in [2.75, 3.05) is 7.11 Å². The van der Waals surface area contributed by atoms with Gasteiger partial charge in [-0.1, -0.05) is 35.2 Å². The number of hydrogen-bond donors (Lipinski definition) is 2. The fourth-order valence-corrected chi connectivity index (χ4v) is 3.36. The maximum absolute atomic E-state index is 9.86. The van der Waals surface area contributed by atoms with Crippen LogP contribution in [0.15, 0.2) is 16.6 Å². The van der Waals surface area contributed by atoms with Crippen LogP contribution in [0.1, 0.15) is 37.7 Å². The van der Waals surface area contributed by atoms with Crippen molar-refractivity contribution < 1.29 is 9.84 Å². The zero-order valence-corrected chi connectivity index (χ0v) is 11.6. The van der Waals surface area contributed by atoms with Gasteiger partial charge in [0, 0.05) is 15.6 Å². The van der Waals surface area contributed by atoms with Gasteiger partial charge in [-0.3, -0.25) is 0 Å². The number of ether oxygens (including phenoxy) is 1. The first-order valence-corrected chi connectivity index (χ1v) is 6.72. The van der Waals surface area contributed by atoms with Gasteiger partial charge in [-0.2, -0.15) is 0 Å². The van der Waals surface area contributed by atoms with Gasteiger partial charge in [-0.25, -0.2) is 0 Å². The number of benzene rings is 1. The highest BCUT2D eigenvalue weighted by molar-refractivity contribution is 9.10. The number of halogens is 1. The lowest BCUT2D eigenvalue weighted by molar-refractivity contribution is 0.282. The van der Waals surface area contributed by atoms with Crippen LogP contribution in [-0.2, 0) is 5.54 Å². The first-order valence-electron chi connectivity index (χ1n) is 5.93. The van der Waals surface area contributed by atoms with E-state index >= 15 is 0 Å². The molecular formula is C13H18BrNO2. The molecule has 0 unspecified atom stereocenters. The third-order valence-electron chi connectivity index (χ3n) is 3.53. The molecule has 1 saturated carbocycles. The molecular weight excluding hydrogens is 282 g/mol. The largest absolute Gasteiger partial charge is 0.504 e. The summed E-state index contributed by atoms with van der Waals surface area (Å²) < 4.78 is 6.23. The fraction of sp³-hybridized carbons (Fsp3) is 0.538. The number of aromatic hydroxyl groups is 1. The normalized spacial score (nSPS) is 19.0. The summed E-state index contributed by atoms with van der Waals surface area (Å²) in [5.41, 5.74) is 7.02. The second-order valence-electron chi connectivity index (χ2n) is 4.69. The molecule has 17 heavy (non-hydrogen) atoms. The molecule has 1 aliphatic rings. The Morgan fingerprint density at radius 1 is 1.29 bits per heavy atom. The van der Waals surface area contributed by atoms with E-state index in [1.807, 2.05) is 6.07 Å². The van der Waals surface area contributed by atoms with Crippen molar-refractivity contribution in [3.05, 3.63) is 22.2 Å². The topological polar surface area (TPSA) is 55.5 Å². The van der Waals surface area contributed by atoms with Crippen molar-refractivity contribution in [1.29, 1.82) is 0 Å². The molecule has 3 nitrogen and oxygen atoms in total. The second-order valence-corrected chi connectivity index (χ2v) is 5.55. The maximum atomic E-state index is 9.86. The van der Waals surface area contributed by atoms with Crippen LogP contribution in [0.2, 0.25) is 0 Å². The number of nitrogens with two attached hydrogens (primary N) is 1. The van der Waals surface area contributed by atoms with Crippen LogP contribution in [0, 0.1) is 0 Å². The minimum atomic E-state index is -0.388. The summed E-state index contributed by atoms with van der Waals surface area (Å²) in [5, 5.41) is 9.86. The molecule has 0 spiro atoms. The average Bonchev–Trinajstić information content (AvgIpc) is 2.32. The van der Waals surface area contributed by atoms with Crippen LogP contribution >= 0.6 is 15.9 Å². The van der Waals surface area contributed by atoms with Crippen LogP contribution in [0.5, 0.6) is 11.5 Å². The van der Waals surface area contributed by atoms with Crippen LogP contribution in [-0.4, -0.2) is 12.2 Å². The molecule has 94 valence electrons. The summed E-state index contributed by atoms with van der Waals surface area (Å²) in [6.45, 7) is 0. The van der Waals surface area contributed by atoms with Gasteiger partial charge in [0.1, 0.15) is 0 Å². The van der Waals surface area contributed by atoms with Crippen molar-refractivity contribution in [2.24, 2.45) is 5.73 Å². The van der Waals surface area contributed by atoms with Crippen LogP contribution < -0.4 is 10.5 Å². The Morgan fingerprint density at radius 3 is 2.53 bits per heavy atom. The zero-order valence-electron chi connectivity index (χ0n) is 10.0. The minimum Gasteiger partial charge on any atom is -0.504 e.